The number of rotatable bonds is 6. The van der Waals surface area contributed by atoms with Crippen molar-refractivity contribution in [1.82, 2.24) is 25.0 Å². The molecular formula is C24H27N5O. The van der Waals surface area contributed by atoms with Crippen LogP contribution in [0.3, 0.4) is 0 Å². The minimum absolute atomic E-state index is 0.144. The molecule has 2 aromatic carbocycles. The second-order valence-electron chi connectivity index (χ2n) is 8.44. The van der Waals surface area contributed by atoms with Crippen LogP contribution >= 0.6 is 0 Å². The maximum atomic E-state index is 12.7. The fraction of sp³-hybridized carbons (Fsp3) is 0.375. The van der Waals surface area contributed by atoms with E-state index in [2.05, 4.69) is 50.7 Å². The quantitative estimate of drug-likeness (QED) is 0.690. The third-order valence-electron chi connectivity index (χ3n) is 6.40. The zero-order valence-electron chi connectivity index (χ0n) is 17.1. The summed E-state index contributed by atoms with van der Waals surface area (Å²) in [6.45, 7) is 4.62. The van der Waals surface area contributed by atoms with Crippen molar-refractivity contribution >= 4 is 5.91 Å². The monoisotopic (exact) mass is 401 g/mol. The lowest BCUT2D eigenvalue weighted by molar-refractivity contribution is 0.0932. The summed E-state index contributed by atoms with van der Waals surface area (Å²) in [7, 11) is 0. The molecule has 1 N–H and O–H groups in total. The lowest BCUT2D eigenvalue weighted by atomic mass is 9.89. The molecule has 30 heavy (non-hydrogen) atoms. The molecule has 3 heterocycles. The molecule has 1 fully saturated rings. The predicted octanol–water partition coefficient (Wildman–Crippen LogP) is 2.55. The van der Waals surface area contributed by atoms with Gasteiger partial charge >= 0.3 is 0 Å². The Morgan fingerprint density at radius 2 is 1.60 bits per heavy atom. The molecule has 6 nitrogen and oxygen atoms in total. The van der Waals surface area contributed by atoms with Crippen molar-refractivity contribution in [2.24, 2.45) is 11.8 Å². The molecule has 0 radical (unpaired) electrons. The zero-order chi connectivity index (χ0) is 20.3. The van der Waals surface area contributed by atoms with Gasteiger partial charge in [0.05, 0.1) is 0 Å². The summed E-state index contributed by atoms with van der Waals surface area (Å²) in [4.78, 5) is 15.3. The topological polar surface area (TPSA) is 63.1 Å². The van der Waals surface area contributed by atoms with Crippen LogP contribution in [0.5, 0.6) is 0 Å². The molecule has 154 valence electrons. The molecule has 0 saturated carbocycles. The average molecular weight is 402 g/mol. The fourth-order valence-electron chi connectivity index (χ4n) is 4.76. The molecule has 6 heteroatoms. The van der Waals surface area contributed by atoms with Crippen molar-refractivity contribution in [1.29, 1.82) is 0 Å². The van der Waals surface area contributed by atoms with Gasteiger partial charge < -0.3 is 14.8 Å². The van der Waals surface area contributed by atoms with Crippen molar-refractivity contribution in [3.05, 3.63) is 83.4 Å². The molecule has 3 aromatic rings. The van der Waals surface area contributed by atoms with Crippen molar-refractivity contribution in [3.8, 4) is 0 Å². The number of nitrogens with zero attached hydrogens (tertiary/aromatic N) is 4. The first kappa shape index (κ1) is 19.0. The van der Waals surface area contributed by atoms with Crippen LogP contribution in [0.15, 0.2) is 60.7 Å². The van der Waals surface area contributed by atoms with Crippen LogP contribution in [0.4, 0.5) is 0 Å². The largest absolute Gasteiger partial charge is 0.345 e. The predicted molar refractivity (Wildman–Crippen MR) is 115 cm³/mol. The minimum Gasteiger partial charge on any atom is -0.345 e. The van der Waals surface area contributed by atoms with E-state index in [-0.39, 0.29) is 5.91 Å². The number of hydrogen-bond donors (Lipinski definition) is 1. The molecule has 2 aliphatic rings. The minimum atomic E-state index is -0.144. The van der Waals surface area contributed by atoms with E-state index in [0.717, 1.165) is 50.4 Å². The number of amides is 1. The van der Waals surface area contributed by atoms with Crippen molar-refractivity contribution in [3.63, 3.8) is 0 Å². The number of nitrogens with one attached hydrogen (secondary N) is 1. The van der Waals surface area contributed by atoms with Crippen LogP contribution in [0.2, 0.25) is 0 Å². The van der Waals surface area contributed by atoms with Gasteiger partial charge in [-0.2, -0.15) is 0 Å². The van der Waals surface area contributed by atoms with E-state index >= 15 is 0 Å². The lowest BCUT2D eigenvalue weighted by Crippen LogP contribution is -2.32. The Hall–Kier alpha value is -2.99. The molecule has 2 atom stereocenters. The van der Waals surface area contributed by atoms with Gasteiger partial charge in [0, 0.05) is 39.1 Å². The molecule has 0 unspecified atom stereocenters. The van der Waals surface area contributed by atoms with E-state index in [1.807, 2.05) is 34.9 Å². The first-order valence-corrected chi connectivity index (χ1v) is 10.8. The molecule has 0 aliphatic carbocycles. The van der Waals surface area contributed by atoms with Crippen LogP contribution in [0, 0.1) is 11.8 Å². The third-order valence-corrected chi connectivity index (χ3v) is 6.40. The summed E-state index contributed by atoms with van der Waals surface area (Å²) in [6.07, 6.45) is 1.99. The summed E-state index contributed by atoms with van der Waals surface area (Å²) in [5.41, 5.74) is 2.47. The van der Waals surface area contributed by atoms with E-state index in [1.54, 1.807) is 0 Å². The first-order chi connectivity index (χ1) is 14.8. The number of carbonyl (C=O) groups excluding carboxylic acids is 1. The summed E-state index contributed by atoms with van der Waals surface area (Å²) in [6, 6.07) is 20.6. The van der Waals surface area contributed by atoms with Crippen molar-refractivity contribution < 1.29 is 4.79 Å². The second-order valence-corrected chi connectivity index (χ2v) is 8.44. The Balaban J connectivity index is 1.20. The highest BCUT2D eigenvalue weighted by atomic mass is 16.2. The Morgan fingerprint density at radius 1 is 0.900 bits per heavy atom. The lowest BCUT2D eigenvalue weighted by Gasteiger charge is -2.25. The van der Waals surface area contributed by atoms with Gasteiger partial charge in [0.1, 0.15) is 5.82 Å². The first-order valence-electron chi connectivity index (χ1n) is 10.8. The van der Waals surface area contributed by atoms with Crippen molar-refractivity contribution in [2.75, 3.05) is 19.6 Å². The highest BCUT2D eigenvalue weighted by Gasteiger charge is 2.38. The van der Waals surface area contributed by atoms with E-state index in [9.17, 15) is 4.79 Å². The summed E-state index contributed by atoms with van der Waals surface area (Å²) in [5, 5.41) is 11.6. The fourth-order valence-corrected chi connectivity index (χ4v) is 4.76. The average Bonchev–Trinajstić information content (AvgIpc) is 3.38. The number of fused-ring (bicyclic) bond motifs is 2. The van der Waals surface area contributed by atoms with E-state index in [0.29, 0.717) is 24.2 Å². The zero-order valence-corrected chi connectivity index (χ0v) is 17.1. The SMILES string of the molecule is O=C(NCc1ccccc1)c1nnc2n1C[C@H]1CN(CCc3ccccc3)C[C@@H]1C2. The number of hydrogen-bond acceptors (Lipinski definition) is 4. The van der Waals surface area contributed by atoms with E-state index in [1.165, 1.54) is 5.56 Å². The van der Waals surface area contributed by atoms with E-state index in [4.69, 9.17) is 0 Å². The summed E-state index contributed by atoms with van der Waals surface area (Å²) in [5.74, 6) is 2.42. The third kappa shape index (κ3) is 4.00. The van der Waals surface area contributed by atoms with Crippen LogP contribution in [0.25, 0.3) is 0 Å². The summed E-state index contributed by atoms with van der Waals surface area (Å²) >= 11 is 0. The van der Waals surface area contributed by atoms with Gasteiger partial charge in [-0.25, -0.2) is 0 Å². The van der Waals surface area contributed by atoms with Gasteiger partial charge in [-0.15, -0.1) is 10.2 Å². The second kappa shape index (κ2) is 8.40. The molecule has 1 saturated heterocycles. The highest BCUT2D eigenvalue weighted by Crippen LogP contribution is 2.32. The maximum absolute atomic E-state index is 12.7. The van der Waals surface area contributed by atoms with Crippen LogP contribution in [-0.4, -0.2) is 45.2 Å². The molecule has 0 spiro atoms. The van der Waals surface area contributed by atoms with Gasteiger partial charge in [-0.1, -0.05) is 60.7 Å². The van der Waals surface area contributed by atoms with Gasteiger partial charge in [0.2, 0.25) is 5.82 Å². The molecule has 5 rings (SSSR count). The van der Waals surface area contributed by atoms with Gasteiger partial charge in [0.25, 0.3) is 5.91 Å². The number of aromatic nitrogens is 3. The van der Waals surface area contributed by atoms with Crippen LogP contribution in [0.1, 0.15) is 27.6 Å². The van der Waals surface area contributed by atoms with Crippen molar-refractivity contribution in [2.45, 2.75) is 25.9 Å². The van der Waals surface area contributed by atoms with E-state index < -0.39 is 0 Å². The van der Waals surface area contributed by atoms with Crippen LogP contribution < -0.4 is 5.32 Å². The standard InChI is InChI=1S/C24H27N5O/c30-24(25-14-19-9-5-2-6-10-19)23-27-26-22-13-20-15-28(16-21(20)17-29(22)23)12-11-18-7-3-1-4-8-18/h1-10,20-21H,11-17H2,(H,25,30)/t20-,21+/m0/s1. The normalized spacial score (nSPS) is 20.5. The van der Waals surface area contributed by atoms with Gasteiger partial charge in [-0.3, -0.25) is 4.79 Å². The maximum Gasteiger partial charge on any atom is 0.289 e. The number of benzene rings is 2. The highest BCUT2D eigenvalue weighted by molar-refractivity contribution is 5.90. The Kier molecular flexibility index (Phi) is 5.32. The molecule has 2 aliphatic heterocycles. The number of likely N-dealkylation sites (tertiary alicyclic amines) is 1. The Labute approximate surface area is 176 Å². The Bertz CT molecular complexity index is 1000. The molecular weight excluding hydrogens is 374 g/mol. The molecule has 1 aromatic heterocycles. The smallest absolute Gasteiger partial charge is 0.289 e. The van der Waals surface area contributed by atoms with Gasteiger partial charge in [-0.05, 0) is 29.4 Å². The molecule has 0 bridgehead atoms. The molecule has 1 amide bonds. The number of carbonyl (C=O) groups is 1. The Morgan fingerprint density at radius 3 is 2.37 bits per heavy atom. The van der Waals surface area contributed by atoms with Gasteiger partial charge in [0.15, 0.2) is 0 Å². The summed E-state index contributed by atoms with van der Waals surface area (Å²) < 4.78 is 2.04. The van der Waals surface area contributed by atoms with Crippen LogP contribution in [-0.2, 0) is 25.9 Å².